The topological polar surface area (TPSA) is 41.1 Å². The molecule has 94 valence electrons. The molecule has 0 saturated heterocycles. The number of anilines is 1. The number of nitrogens with one attached hydrogen (secondary N) is 2. The van der Waals surface area contributed by atoms with E-state index in [-0.39, 0.29) is 5.91 Å². The highest BCUT2D eigenvalue weighted by molar-refractivity contribution is 5.91. The van der Waals surface area contributed by atoms with E-state index in [2.05, 4.69) is 24.5 Å². The maximum absolute atomic E-state index is 11.7. The van der Waals surface area contributed by atoms with Gasteiger partial charge in [0.05, 0.1) is 0 Å². The molecule has 0 heterocycles. The molecule has 1 amide bonds. The Kier molecular flexibility index (Phi) is 5.16. The minimum Gasteiger partial charge on any atom is -0.326 e. The summed E-state index contributed by atoms with van der Waals surface area (Å²) in [6.07, 6.45) is 0.506. The summed E-state index contributed by atoms with van der Waals surface area (Å²) < 4.78 is 0. The van der Waals surface area contributed by atoms with Crippen molar-refractivity contribution in [3.63, 3.8) is 0 Å². The molecular weight excluding hydrogens is 212 g/mol. The number of rotatable bonds is 5. The molecule has 0 aliphatic carbocycles. The first kappa shape index (κ1) is 13.7. The zero-order valence-electron chi connectivity index (χ0n) is 11.1. The molecule has 0 unspecified atom stereocenters. The molecule has 1 rings (SSSR count). The van der Waals surface area contributed by atoms with Crippen LogP contribution in [0.3, 0.4) is 0 Å². The van der Waals surface area contributed by atoms with Crippen molar-refractivity contribution >= 4 is 11.6 Å². The van der Waals surface area contributed by atoms with Crippen LogP contribution in [-0.2, 0) is 4.79 Å². The molecule has 0 saturated carbocycles. The third-order valence-electron chi connectivity index (χ3n) is 2.78. The van der Waals surface area contributed by atoms with Crippen LogP contribution < -0.4 is 10.6 Å². The maximum atomic E-state index is 11.7. The third-order valence-corrected chi connectivity index (χ3v) is 2.78. The number of amides is 1. The number of aryl methyl sites for hydroxylation is 1. The summed E-state index contributed by atoms with van der Waals surface area (Å²) in [6, 6.07) is 6.37. The van der Waals surface area contributed by atoms with Gasteiger partial charge < -0.3 is 10.6 Å². The van der Waals surface area contributed by atoms with Crippen LogP contribution in [0.1, 0.15) is 31.4 Å². The van der Waals surface area contributed by atoms with Crippen LogP contribution in [0.5, 0.6) is 0 Å². The molecule has 1 aromatic rings. The van der Waals surface area contributed by atoms with Gasteiger partial charge in [-0.2, -0.15) is 0 Å². The van der Waals surface area contributed by atoms with Gasteiger partial charge in [0.25, 0.3) is 0 Å². The van der Waals surface area contributed by atoms with E-state index < -0.39 is 0 Å². The molecule has 0 radical (unpaired) electrons. The van der Waals surface area contributed by atoms with Crippen LogP contribution in [0.25, 0.3) is 0 Å². The molecule has 1 aromatic carbocycles. The molecule has 3 heteroatoms. The second-order valence-corrected chi connectivity index (χ2v) is 4.65. The van der Waals surface area contributed by atoms with Crippen molar-refractivity contribution in [2.75, 3.05) is 11.9 Å². The molecular formula is C14H22N2O. The van der Waals surface area contributed by atoms with Crippen LogP contribution >= 0.6 is 0 Å². The van der Waals surface area contributed by atoms with Gasteiger partial charge in [-0.25, -0.2) is 0 Å². The first-order chi connectivity index (χ1) is 8.00. The van der Waals surface area contributed by atoms with Crippen molar-refractivity contribution in [3.8, 4) is 0 Å². The van der Waals surface area contributed by atoms with Crippen molar-refractivity contribution in [1.29, 1.82) is 0 Å². The van der Waals surface area contributed by atoms with Crippen molar-refractivity contribution in [2.45, 2.75) is 40.2 Å². The molecule has 0 spiro atoms. The highest BCUT2D eigenvalue weighted by Crippen LogP contribution is 2.17. The second kappa shape index (κ2) is 6.40. The Bertz CT molecular complexity index is 386. The maximum Gasteiger partial charge on any atom is 0.225 e. The highest BCUT2D eigenvalue weighted by atomic mass is 16.1. The lowest BCUT2D eigenvalue weighted by Gasteiger charge is -2.11. The van der Waals surface area contributed by atoms with Gasteiger partial charge >= 0.3 is 0 Å². The van der Waals surface area contributed by atoms with E-state index in [1.54, 1.807) is 0 Å². The molecule has 0 aliphatic heterocycles. The standard InChI is InChI=1S/C14H22N2O/c1-10(2)15-9-8-14(17)16-13-7-5-6-11(3)12(13)4/h5-7,10,15H,8-9H2,1-4H3,(H,16,17). The Balaban J connectivity index is 2.48. The van der Waals surface area contributed by atoms with E-state index >= 15 is 0 Å². The van der Waals surface area contributed by atoms with E-state index in [0.717, 1.165) is 11.3 Å². The van der Waals surface area contributed by atoms with Crippen molar-refractivity contribution < 1.29 is 4.79 Å². The number of hydrogen-bond donors (Lipinski definition) is 2. The molecule has 2 N–H and O–H groups in total. The van der Waals surface area contributed by atoms with Crippen LogP contribution in [-0.4, -0.2) is 18.5 Å². The van der Waals surface area contributed by atoms with Crippen LogP contribution in [0.2, 0.25) is 0 Å². The van der Waals surface area contributed by atoms with Gasteiger partial charge in [-0.3, -0.25) is 4.79 Å². The predicted molar refractivity (Wildman–Crippen MR) is 72.3 cm³/mol. The lowest BCUT2D eigenvalue weighted by Crippen LogP contribution is -2.27. The largest absolute Gasteiger partial charge is 0.326 e. The lowest BCUT2D eigenvalue weighted by molar-refractivity contribution is -0.116. The summed E-state index contributed by atoms with van der Waals surface area (Å²) in [6.45, 7) is 8.93. The fourth-order valence-electron chi connectivity index (χ4n) is 1.57. The van der Waals surface area contributed by atoms with Crippen LogP contribution in [0.4, 0.5) is 5.69 Å². The summed E-state index contributed by atoms with van der Waals surface area (Å²) in [4.78, 5) is 11.7. The SMILES string of the molecule is Cc1cccc(NC(=O)CCNC(C)C)c1C. The summed E-state index contributed by atoms with van der Waals surface area (Å²) in [7, 11) is 0. The Morgan fingerprint density at radius 3 is 2.65 bits per heavy atom. The minimum atomic E-state index is 0.0619. The number of benzene rings is 1. The Labute approximate surface area is 104 Å². The summed E-state index contributed by atoms with van der Waals surface area (Å²) >= 11 is 0. The Morgan fingerprint density at radius 1 is 1.29 bits per heavy atom. The van der Waals surface area contributed by atoms with E-state index in [1.807, 2.05) is 32.0 Å². The number of hydrogen-bond acceptors (Lipinski definition) is 2. The van der Waals surface area contributed by atoms with Gasteiger partial charge in [0.2, 0.25) is 5.91 Å². The van der Waals surface area contributed by atoms with E-state index in [9.17, 15) is 4.79 Å². The number of carbonyl (C=O) groups is 1. The average Bonchev–Trinajstić information content (AvgIpc) is 2.24. The lowest BCUT2D eigenvalue weighted by atomic mass is 10.1. The van der Waals surface area contributed by atoms with Gasteiger partial charge in [0.1, 0.15) is 0 Å². The zero-order valence-corrected chi connectivity index (χ0v) is 11.1. The molecule has 0 aliphatic rings. The third kappa shape index (κ3) is 4.57. The molecule has 17 heavy (non-hydrogen) atoms. The second-order valence-electron chi connectivity index (χ2n) is 4.65. The monoisotopic (exact) mass is 234 g/mol. The van der Waals surface area contributed by atoms with Crippen molar-refractivity contribution in [3.05, 3.63) is 29.3 Å². The first-order valence-electron chi connectivity index (χ1n) is 6.10. The highest BCUT2D eigenvalue weighted by Gasteiger charge is 2.05. The van der Waals surface area contributed by atoms with Gasteiger partial charge in [-0.1, -0.05) is 26.0 Å². The Hall–Kier alpha value is -1.35. The smallest absolute Gasteiger partial charge is 0.225 e. The Morgan fingerprint density at radius 2 is 2.00 bits per heavy atom. The minimum absolute atomic E-state index is 0.0619. The fourth-order valence-corrected chi connectivity index (χ4v) is 1.57. The molecule has 0 bridgehead atoms. The van der Waals surface area contributed by atoms with E-state index in [4.69, 9.17) is 0 Å². The summed E-state index contributed by atoms with van der Waals surface area (Å²) in [5.74, 6) is 0.0619. The predicted octanol–water partition coefficient (Wildman–Crippen LogP) is 2.63. The van der Waals surface area contributed by atoms with Crippen LogP contribution in [0, 0.1) is 13.8 Å². The van der Waals surface area contributed by atoms with Gasteiger partial charge in [-0.15, -0.1) is 0 Å². The molecule has 0 aromatic heterocycles. The van der Waals surface area contributed by atoms with Crippen molar-refractivity contribution in [2.24, 2.45) is 0 Å². The zero-order chi connectivity index (χ0) is 12.8. The van der Waals surface area contributed by atoms with Gasteiger partial charge in [-0.05, 0) is 31.0 Å². The summed E-state index contributed by atoms with van der Waals surface area (Å²) in [5, 5.41) is 6.17. The molecule has 3 nitrogen and oxygen atoms in total. The average molecular weight is 234 g/mol. The van der Waals surface area contributed by atoms with Gasteiger partial charge in [0, 0.05) is 24.7 Å². The first-order valence-corrected chi connectivity index (χ1v) is 6.10. The summed E-state index contributed by atoms with van der Waals surface area (Å²) in [5.41, 5.74) is 3.25. The molecule has 0 atom stereocenters. The van der Waals surface area contributed by atoms with Crippen molar-refractivity contribution in [1.82, 2.24) is 5.32 Å². The van der Waals surface area contributed by atoms with Gasteiger partial charge in [0.15, 0.2) is 0 Å². The van der Waals surface area contributed by atoms with Crippen LogP contribution in [0.15, 0.2) is 18.2 Å². The van der Waals surface area contributed by atoms with E-state index in [0.29, 0.717) is 19.0 Å². The number of carbonyl (C=O) groups excluding carboxylic acids is 1. The molecule has 0 fully saturated rings. The fraction of sp³-hybridized carbons (Fsp3) is 0.500. The van der Waals surface area contributed by atoms with E-state index in [1.165, 1.54) is 5.56 Å². The normalized spacial score (nSPS) is 10.6. The quantitative estimate of drug-likeness (QED) is 0.822.